The van der Waals surface area contributed by atoms with Gasteiger partial charge in [0.25, 0.3) is 0 Å². The summed E-state index contributed by atoms with van der Waals surface area (Å²) in [6.07, 6.45) is 0. The van der Waals surface area contributed by atoms with Gasteiger partial charge in [-0.05, 0) is 28.1 Å². The Morgan fingerprint density at radius 1 is 0.950 bits per heavy atom. The third-order valence-corrected chi connectivity index (χ3v) is 3.54. The van der Waals surface area contributed by atoms with Gasteiger partial charge in [0.05, 0.1) is 5.69 Å². The molecule has 2 heterocycles. The molecule has 0 spiro atoms. The number of tetrazole rings is 1. The summed E-state index contributed by atoms with van der Waals surface area (Å²) in [5.41, 5.74) is 2.30. The lowest BCUT2D eigenvalue weighted by Crippen LogP contribution is -2.26. The molecule has 96 valence electrons. The number of para-hydroxylation sites is 1. The number of carbonyl (C=O) groups excluding carboxylic acids is 1. The molecule has 1 unspecified atom stereocenters. The van der Waals surface area contributed by atoms with Gasteiger partial charge in [0, 0.05) is 5.56 Å². The van der Waals surface area contributed by atoms with Gasteiger partial charge in [-0.1, -0.05) is 42.5 Å². The molecule has 0 fully saturated rings. The monoisotopic (exact) mass is 262 g/mol. The number of carbonyl (C=O) groups is 1. The van der Waals surface area contributed by atoms with Gasteiger partial charge >= 0.3 is 0 Å². The summed E-state index contributed by atoms with van der Waals surface area (Å²) < 4.78 is 1.65. The third kappa shape index (κ3) is 1.43. The molecular weight excluding hydrogens is 252 g/mol. The molecule has 0 N–H and O–H groups in total. The van der Waals surface area contributed by atoms with Crippen LogP contribution in [0.4, 0.5) is 0 Å². The average molecular weight is 262 g/mol. The Labute approximate surface area is 114 Å². The van der Waals surface area contributed by atoms with Gasteiger partial charge in [0.2, 0.25) is 0 Å². The topological polar surface area (TPSA) is 60.7 Å². The smallest absolute Gasteiger partial charge is 0.180 e. The van der Waals surface area contributed by atoms with Crippen molar-refractivity contribution < 1.29 is 4.79 Å². The molecule has 5 nitrogen and oxygen atoms in total. The van der Waals surface area contributed by atoms with Gasteiger partial charge in [0.1, 0.15) is 5.92 Å². The van der Waals surface area contributed by atoms with Crippen LogP contribution >= 0.6 is 0 Å². The Morgan fingerprint density at radius 2 is 1.70 bits per heavy atom. The van der Waals surface area contributed by atoms with Crippen molar-refractivity contribution in [3.05, 3.63) is 71.5 Å². The van der Waals surface area contributed by atoms with Crippen LogP contribution in [0.2, 0.25) is 0 Å². The molecule has 0 aliphatic carbocycles. The van der Waals surface area contributed by atoms with Crippen molar-refractivity contribution in [2.75, 3.05) is 0 Å². The van der Waals surface area contributed by atoms with Crippen molar-refractivity contribution >= 4 is 5.78 Å². The molecule has 1 atom stereocenters. The summed E-state index contributed by atoms with van der Waals surface area (Å²) in [6.45, 7) is 0. The van der Waals surface area contributed by atoms with Crippen LogP contribution < -0.4 is 0 Å². The van der Waals surface area contributed by atoms with E-state index in [2.05, 4.69) is 15.5 Å². The number of hydrogen-bond acceptors (Lipinski definition) is 4. The zero-order chi connectivity index (χ0) is 13.5. The van der Waals surface area contributed by atoms with Crippen molar-refractivity contribution in [3.63, 3.8) is 0 Å². The predicted molar refractivity (Wildman–Crippen MR) is 71.8 cm³/mol. The maximum Gasteiger partial charge on any atom is 0.180 e. The quantitative estimate of drug-likeness (QED) is 0.673. The van der Waals surface area contributed by atoms with E-state index >= 15 is 0 Å². The second-order valence-corrected chi connectivity index (χ2v) is 4.67. The maximum absolute atomic E-state index is 12.8. The molecule has 0 saturated heterocycles. The third-order valence-electron chi connectivity index (χ3n) is 3.54. The molecule has 0 bridgehead atoms. The molecule has 0 amide bonds. The fourth-order valence-corrected chi connectivity index (χ4v) is 2.63. The predicted octanol–water partition coefficient (Wildman–Crippen LogP) is 1.99. The van der Waals surface area contributed by atoms with Gasteiger partial charge < -0.3 is 0 Å². The van der Waals surface area contributed by atoms with Gasteiger partial charge in [-0.3, -0.25) is 4.79 Å². The first-order valence-corrected chi connectivity index (χ1v) is 6.33. The summed E-state index contributed by atoms with van der Waals surface area (Å²) in [5.74, 6) is 0.162. The van der Waals surface area contributed by atoms with Gasteiger partial charge in [-0.15, -0.1) is 5.10 Å². The first-order chi connectivity index (χ1) is 9.86. The van der Waals surface area contributed by atoms with Crippen LogP contribution in [0.15, 0.2) is 54.6 Å². The van der Waals surface area contributed by atoms with Crippen LogP contribution in [-0.4, -0.2) is 26.0 Å². The van der Waals surface area contributed by atoms with Crippen LogP contribution in [0.1, 0.15) is 27.7 Å². The van der Waals surface area contributed by atoms with E-state index in [9.17, 15) is 4.79 Å². The summed E-state index contributed by atoms with van der Waals surface area (Å²) in [7, 11) is 0. The van der Waals surface area contributed by atoms with E-state index in [-0.39, 0.29) is 5.78 Å². The number of hydrogen-bond donors (Lipinski definition) is 0. The summed E-state index contributed by atoms with van der Waals surface area (Å²) in [6, 6.07) is 17.0. The normalized spacial score (nSPS) is 16.6. The average Bonchev–Trinajstić information content (AvgIpc) is 2.98. The van der Waals surface area contributed by atoms with Crippen molar-refractivity contribution in [1.29, 1.82) is 0 Å². The van der Waals surface area contributed by atoms with Crippen molar-refractivity contribution in [1.82, 2.24) is 20.2 Å². The Bertz CT molecular complexity index is 794. The van der Waals surface area contributed by atoms with Gasteiger partial charge in [-0.2, -0.15) is 4.68 Å². The molecule has 2 aromatic carbocycles. The second-order valence-electron chi connectivity index (χ2n) is 4.67. The maximum atomic E-state index is 12.8. The highest BCUT2D eigenvalue weighted by molar-refractivity contribution is 6.06. The molecule has 1 aliphatic heterocycles. The summed E-state index contributed by atoms with van der Waals surface area (Å²) in [4.78, 5) is 12.8. The standard InChI is InChI=1S/C15H10N4O/c20-14-11-8-4-5-9-12(11)19-15(16-17-18-19)13(14)10-6-2-1-3-7-10/h1-9,13H. The fourth-order valence-electron chi connectivity index (χ4n) is 2.63. The molecule has 0 radical (unpaired) electrons. The Kier molecular flexibility index (Phi) is 2.26. The van der Waals surface area contributed by atoms with Gasteiger partial charge in [-0.25, -0.2) is 0 Å². The summed E-state index contributed by atoms with van der Waals surface area (Å²) >= 11 is 0. The number of Topliss-reactive ketones (excluding diaryl/α,β-unsaturated/α-hetero) is 1. The molecule has 5 heteroatoms. The van der Waals surface area contributed by atoms with Crippen LogP contribution in [0.3, 0.4) is 0 Å². The first kappa shape index (κ1) is 11.0. The molecule has 4 rings (SSSR count). The van der Waals surface area contributed by atoms with E-state index in [1.165, 1.54) is 0 Å². The number of rotatable bonds is 1. The molecule has 20 heavy (non-hydrogen) atoms. The molecule has 1 aromatic heterocycles. The minimum absolute atomic E-state index is 0.0362. The zero-order valence-corrected chi connectivity index (χ0v) is 10.5. The summed E-state index contributed by atoms with van der Waals surface area (Å²) in [5, 5.41) is 11.8. The van der Waals surface area contributed by atoms with Crippen molar-refractivity contribution in [3.8, 4) is 5.69 Å². The van der Waals surface area contributed by atoms with Crippen LogP contribution in [0, 0.1) is 0 Å². The van der Waals surface area contributed by atoms with E-state index in [4.69, 9.17) is 0 Å². The number of ketones is 1. The number of fused-ring (bicyclic) bond motifs is 3. The highest BCUT2D eigenvalue weighted by atomic mass is 16.1. The lowest BCUT2D eigenvalue weighted by Gasteiger charge is -2.22. The van der Waals surface area contributed by atoms with E-state index in [0.717, 1.165) is 11.3 Å². The molecule has 3 aromatic rings. The number of benzene rings is 2. The van der Waals surface area contributed by atoms with Gasteiger partial charge in [0.15, 0.2) is 11.6 Å². The highest BCUT2D eigenvalue weighted by Crippen LogP contribution is 2.34. The van der Waals surface area contributed by atoms with Crippen molar-refractivity contribution in [2.45, 2.75) is 5.92 Å². The Morgan fingerprint density at radius 3 is 2.55 bits per heavy atom. The van der Waals surface area contributed by atoms with Crippen LogP contribution in [0.5, 0.6) is 0 Å². The lowest BCUT2D eigenvalue weighted by atomic mass is 9.87. The largest absolute Gasteiger partial charge is 0.293 e. The Balaban J connectivity index is 1.99. The molecule has 0 saturated carbocycles. The first-order valence-electron chi connectivity index (χ1n) is 6.33. The van der Waals surface area contributed by atoms with E-state index < -0.39 is 5.92 Å². The minimum Gasteiger partial charge on any atom is -0.293 e. The van der Waals surface area contributed by atoms with Crippen LogP contribution in [0.25, 0.3) is 5.69 Å². The second kappa shape index (κ2) is 4.09. The highest BCUT2D eigenvalue weighted by Gasteiger charge is 2.35. The zero-order valence-electron chi connectivity index (χ0n) is 10.5. The van der Waals surface area contributed by atoms with E-state index in [1.807, 2.05) is 54.6 Å². The number of aromatic nitrogens is 4. The SMILES string of the molecule is O=C1c2ccccc2-n2nnnc2C1c1ccccc1. The number of nitrogens with zero attached hydrogens (tertiary/aromatic N) is 4. The molecular formula is C15H10N4O. The van der Waals surface area contributed by atoms with E-state index in [1.54, 1.807) is 4.68 Å². The molecule has 1 aliphatic rings. The Hall–Kier alpha value is -2.82. The van der Waals surface area contributed by atoms with Crippen molar-refractivity contribution in [2.24, 2.45) is 0 Å². The minimum atomic E-state index is -0.443. The van der Waals surface area contributed by atoms with Crippen LogP contribution in [-0.2, 0) is 0 Å². The van der Waals surface area contributed by atoms with E-state index in [0.29, 0.717) is 11.4 Å². The lowest BCUT2D eigenvalue weighted by molar-refractivity contribution is 0.0965. The fraction of sp³-hybridized carbons (Fsp3) is 0.0667.